The van der Waals surface area contributed by atoms with Gasteiger partial charge in [-0.1, -0.05) is 66.2 Å². The van der Waals surface area contributed by atoms with Crippen LogP contribution in [-0.2, 0) is 32.6 Å². The van der Waals surface area contributed by atoms with E-state index in [2.05, 4.69) is 0 Å². The van der Waals surface area contributed by atoms with Crippen LogP contribution in [0.2, 0.25) is 0 Å². The van der Waals surface area contributed by atoms with Gasteiger partial charge in [0.1, 0.15) is 0 Å². The highest BCUT2D eigenvalue weighted by molar-refractivity contribution is 7.92. The Morgan fingerprint density at radius 3 is 2.16 bits per heavy atom. The van der Waals surface area contributed by atoms with Crippen molar-refractivity contribution >= 4 is 21.6 Å². The van der Waals surface area contributed by atoms with Crippen LogP contribution in [0, 0.1) is 0 Å². The highest BCUT2D eigenvalue weighted by atomic mass is 32.2. The van der Waals surface area contributed by atoms with Crippen molar-refractivity contribution in [1.29, 1.82) is 0 Å². The van der Waals surface area contributed by atoms with Crippen molar-refractivity contribution in [3.8, 4) is 0 Å². The van der Waals surface area contributed by atoms with Crippen LogP contribution in [0.5, 0.6) is 0 Å². The molecule has 31 heavy (non-hydrogen) atoms. The second-order valence-electron chi connectivity index (χ2n) is 8.59. The molecule has 2 aliphatic rings. The maximum absolute atomic E-state index is 13.9. The van der Waals surface area contributed by atoms with Crippen molar-refractivity contribution in [1.82, 2.24) is 4.31 Å². The molecule has 1 aliphatic carbocycles. The number of carbonyl (C=O) groups is 2. The second-order valence-corrected chi connectivity index (χ2v) is 10.8. The Morgan fingerprint density at radius 1 is 1.03 bits per heavy atom. The number of carbonyl (C=O) groups excluding carboxylic acids is 2. The molecule has 2 aromatic carbocycles. The lowest BCUT2D eigenvalue weighted by atomic mass is 9.78. The first-order valence-electron chi connectivity index (χ1n) is 10.6. The minimum atomic E-state index is -3.91. The molecule has 4 rings (SSSR count). The summed E-state index contributed by atoms with van der Waals surface area (Å²) in [5.74, 6) is -0.286. The third kappa shape index (κ3) is 3.68. The number of nitrogens with zero attached hydrogens (tertiary/aromatic N) is 1. The Hall–Kier alpha value is -2.57. The minimum Gasteiger partial charge on any atom is -0.296 e. The first-order chi connectivity index (χ1) is 14.8. The molecular formula is C25H27NO4S. The minimum absolute atomic E-state index is 0.0443. The second kappa shape index (κ2) is 8.17. The molecule has 2 atom stereocenters. The first-order valence-corrected chi connectivity index (χ1v) is 12.0. The van der Waals surface area contributed by atoms with E-state index in [1.54, 1.807) is 6.92 Å². The van der Waals surface area contributed by atoms with E-state index in [0.717, 1.165) is 16.7 Å². The number of allylic oxidation sites excluding steroid dienone is 2. The van der Waals surface area contributed by atoms with Gasteiger partial charge < -0.3 is 0 Å². The number of hydrogen-bond acceptors (Lipinski definition) is 4. The SMILES string of the molecule is CC(=O)C1=C(C)C[C@@]2(CC1)C(=O)[C@H](Cc1ccccc1)N(Cc1ccccc1)S2(=O)=O. The number of hydrogen-bond donors (Lipinski definition) is 0. The Balaban J connectivity index is 1.78. The molecule has 1 saturated heterocycles. The van der Waals surface area contributed by atoms with Gasteiger partial charge in [0.05, 0.1) is 6.04 Å². The van der Waals surface area contributed by atoms with Gasteiger partial charge in [0.2, 0.25) is 10.0 Å². The Labute approximate surface area is 183 Å². The van der Waals surface area contributed by atoms with Gasteiger partial charge in [-0.05, 0) is 56.2 Å². The van der Waals surface area contributed by atoms with Crippen molar-refractivity contribution < 1.29 is 18.0 Å². The molecule has 2 aromatic rings. The lowest BCUT2D eigenvalue weighted by Crippen LogP contribution is -2.46. The average molecular weight is 438 g/mol. The summed E-state index contributed by atoms with van der Waals surface area (Å²) in [5, 5.41) is 0. The number of rotatable bonds is 5. The summed E-state index contributed by atoms with van der Waals surface area (Å²) in [6, 6.07) is 18.2. The molecule has 0 saturated carbocycles. The summed E-state index contributed by atoms with van der Waals surface area (Å²) >= 11 is 0. The predicted molar refractivity (Wildman–Crippen MR) is 120 cm³/mol. The maximum Gasteiger partial charge on any atom is 0.228 e. The van der Waals surface area contributed by atoms with Crippen molar-refractivity contribution in [2.75, 3.05) is 0 Å². The number of Topliss-reactive ketones (excluding diaryl/α,β-unsaturated/α-hetero) is 2. The van der Waals surface area contributed by atoms with Crippen LogP contribution in [0.4, 0.5) is 0 Å². The highest BCUT2D eigenvalue weighted by Gasteiger charge is 2.64. The largest absolute Gasteiger partial charge is 0.296 e. The molecule has 5 nitrogen and oxygen atoms in total. The normalized spacial score (nSPS) is 25.9. The zero-order chi connectivity index (χ0) is 22.2. The van der Waals surface area contributed by atoms with Crippen LogP contribution in [0.3, 0.4) is 0 Å². The number of benzene rings is 2. The summed E-state index contributed by atoms with van der Waals surface area (Å²) in [6.45, 7) is 3.45. The highest BCUT2D eigenvalue weighted by Crippen LogP contribution is 2.47. The van der Waals surface area contributed by atoms with Gasteiger partial charge in [-0.2, -0.15) is 4.31 Å². The number of sulfonamides is 1. The van der Waals surface area contributed by atoms with Crippen LogP contribution < -0.4 is 0 Å². The van der Waals surface area contributed by atoms with Crippen molar-refractivity contribution in [2.45, 2.75) is 56.9 Å². The number of ketones is 2. The molecule has 162 valence electrons. The monoisotopic (exact) mass is 437 g/mol. The molecule has 1 spiro atoms. The molecule has 1 heterocycles. The molecule has 0 N–H and O–H groups in total. The smallest absolute Gasteiger partial charge is 0.228 e. The summed E-state index contributed by atoms with van der Waals surface area (Å²) in [5.41, 5.74) is 3.16. The van der Waals surface area contributed by atoms with Gasteiger partial charge in [-0.3, -0.25) is 9.59 Å². The Morgan fingerprint density at radius 2 is 1.61 bits per heavy atom. The van der Waals surface area contributed by atoms with Gasteiger partial charge in [0, 0.05) is 6.54 Å². The molecule has 0 aromatic heterocycles. The van der Waals surface area contributed by atoms with Gasteiger partial charge >= 0.3 is 0 Å². The van der Waals surface area contributed by atoms with E-state index in [9.17, 15) is 18.0 Å². The average Bonchev–Trinajstić information content (AvgIpc) is 2.88. The van der Waals surface area contributed by atoms with E-state index in [-0.39, 0.29) is 31.0 Å². The predicted octanol–water partition coefficient (Wildman–Crippen LogP) is 3.84. The van der Waals surface area contributed by atoms with E-state index >= 15 is 0 Å². The maximum atomic E-state index is 13.9. The molecule has 0 amide bonds. The molecule has 1 aliphatic heterocycles. The van der Waals surface area contributed by atoms with E-state index in [1.165, 1.54) is 11.2 Å². The molecule has 0 unspecified atom stereocenters. The van der Waals surface area contributed by atoms with E-state index in [4.69, 9.17) is 0 Å². The van der Waals surface area contributed by atoms with E-state index in [0.29, 0.717) is 18.4 Å². The fourth-order valence-corrected chi connectivity index (χ4v) is 7.44. The lowest BCUT2D eigenvalue weighted by molar-refractivity contribution is -0.124. The fourth-order valence-electron chi connectivity index (χ4n) is 5.01. The van der Waals surface area contributed by atoms with Crippen molar-refractivity contribution in [3.63, 3.8) is 0 Å². The fraction of sp³-hybridized carbons (Fsp3) is 0.360. The summed E-state index contributed by atoms with van der Waals surface area (Å²) in [4.78, 5) is 25.8. The van der Waals surface area contributed by atoms with Crippen LogP contribution in [0.1, 0.15) is 44.2 Å². The van der Waals surface area contributed by atoms with Crippen molar-refractivity contribution in [3.05, 3.63) is 82.9 Å². The van der Waals surface area contributed by atoms with Crippen LogP contribution in [0.15, 0.2) is 71.8 Å². The van der Waals surface area contributed by atoms with E-state index < -0.39 is 20.8 Å². The lowest BCUT2D eigenvalue weighted by Gasteiger charge is -2.32. The summed E-state index contributed by atoms with van der Waals surface area (Å²) in [6.07, 6.45) is 0.926. The van der Waals surface area contributed by atoms with E-state index in [1.807, 2.05) is 60.7 Å². The zero-order valence-corrected chi connectivity index (χ0v) is 18.7. The summed E-state index contributed by atoms with van der Waals surface area (Å²) < 4.78 is 27.7. The molecule has 0 radical (unpaired) electrons. The summed E-state index contributed by atoms with van der Waals surface area (Å²) in [7, 11) is -3.91. The Bertz CT molecular complexity index is 1140. The van der Waals surface area contributed by atoms with Gasteiger partial charge in [-0.15, -0.1) is 0 Å². The standard InChI is InChI=1S/C25H27NO4S/c1-18-16-25(14-13-22(18)19(2)27)24(28)23(15-20-9-5-3-6-10-20)26(31(25,29)30)17-21-11-7-4-8-12-21/h3-12,23H,13-17H2,1-2H3/t23-,25-/m0/s1. The van der Waals surface area contributed by atoms with Gasteiger partial charge in [-0.25, -0.2) is 8.42 Å². The topological polar surface area (TPSA) is 71.5 Å². The third-order valence-corrected chi connectivity index (χ3v) is 9.16. The molecule has 1 fully saturated rings. The van der Waals surface area contributed by atoms with Gasteiger partial charge in [0.25, 0.3) is 0 Å². The van der Waals surface area contributed by atoms with Crippen LogP contribution >= 0.6 is 0 Å². The van der Waals surface area contributed by atoms with Gasteiger partial charge in [0.15, 0.2) is 16.3 Å². The molecule has 0 bridgehead atoms. The molecular weight excluding hydrogens is 410 g/mol. The van der Waals surface area contributed by atoms with Crippen LogP contribution in [-0.4, -0.2) is 35.1 Å². The van der Waals surface area contributed by atoms with Crippen molar-refractivity contribution in [2.24, 2.45) is 0 Å². The van der Waals surface area contributed by atoms with Crippen LogP contribution in [0.25, 0.3) is 0 Å². The molecule has 6 heteroatoms. The third-order valence-electron chi connectivity index (χ3n) is 6.62. The first kappa shape index (κ1) is 21.7. The quantitative estimate of drug-likeness (QED) is 0.713. The zero-order valence-electron chi connectivity index (χ0n) is 17.9. The Kier molecular flexibility index (Phi) is 5.71.